The minimum atomic E-state index is -0.355. The Morgan fingerprint density at radius 3 is 2.65 bits per heavy atom. The monoisotopic (exact) mass is 339 g/mol. The number of aryl methyl sites for hydroxylation is 1. The van der Waals surface area contributed by atoms with E-state index in [2.05, 4.69) is 36.6 Å². The molecule has 1 aromatic carbocycles. The van der Waals surface area contributed by atoms with E-state index in [0.717, 1.165) is 10.0 Å². The lowest BCUT2D eigenvalue weighted by molar-refractivity contribution is 0.631. The average molecular weight is 340 g/mol. The van der Waals surface area contributed by atoms with Gasteiger partial charge in [0.2, 0.25) is 0 Å². The highest BCUT2D eigenvalue weighted by Gasteiger charge is 2.11. The number of halogens is 2. The largest absolute Gasteiger partial charge is 0.337 e. The summed E-state index contributed by atoms with van der Waals surface area (Å²) in [5.74, 6) is 6.76. The molecule has 20 heavy (non-hydrogen) atoms. The predicted molar refractivity (Wildman–Crippen MR) is 81.3 cm³/mol. The van der Waals surface area contributed by atoms with Crippen LogP contribution in [0.4, 0.5) is 21.7 Å². The zero-order valence-electron chi connectivity index (χ0n) is 11.2. The Bertz CT molecular complexity index is 632. The second-order valence-electron chi connectivity index (χ2n) is 4.21. The third-order valence-corrected chi connectivity index (χ3v) is 3.32. The Balaban J connectivity index is 2.44. The summed E-state index contributed by atoms with van der Waals surface area (Å²) in [4.78, 5) is 8.63. The van der Waals surface area contributed by atoms with Crippen LogP contribution in [0.2, 0.25) is 0 Å². The van der Waals surface area contributed by atoms with Gasteiger partial charge in [0.25, 0.3) is 0 Å². The molecule has 106 valence electrons. The molecule has 2 aromatic rings. The SMILES string of the molecule is CCc1nc(NN)c(C)c(Nc2cc(Br)ccc2F)n1. The van der Waals surface area contributed by atoms with E-state index in [0.29, 0.717) is 29.6 Å². The number of rotatable bonds is 4. The number of hydrogen-bond acceptors (Lipinski definition) is 5. The maximum atomic E-state index is 13.8. The second kappa shape index (κ2) is 6.15. The maximum Gasteiger partial charge on any atom is 0.148 e. The summed E-state index contributed by atoms with van der Waals surface area (Å²) in [6.45, 7) is 3.75. The van der Waals surface area contributed by atoms with Gasteiger partial charge in [0.05, 0.1) is 5.69 Å². The number of benzene rings is 1. The molecule has 0 radical (unpaired) electrons. The standard InChI is InChI=1S/C13H15BrFN5/c1-3-11-18-12(7(2)13(19-11)20-16)17-10-6-8(14)4-5-9(10)15/h4-6H,3,16H2,1-2H3,(H2,17,18,19,20). The Labute approximate surface area is 124 Å². The van der Waals surface area contributed by atoms with E-state index in [9.17, 15) is 4.39 Å². The molecule has 0 aliphatic heterocycles. The first-order chi connectivity index (χ1) is 9.55. The van der Waals surface area contributed by atoms with Crippen LogP contribution in [0.1, 0.15) is 18.3 Å². The summed E-state index contributed by atoms with van der Waals surface area (Å²) in [5.41, 5.74) is 3.59. The zero-order chi connectivity index (χ0) is 14.7. The third-order valence-electron chi connectivity index (χ3n) is 2.83. The van der Waals surface area contributed by atoms with Crippen molar-refractivity contribution in [3.8, 4) is 0 Å². The normalized spacial score (nSPS) is 10.4. The second-order valence-corrected chi connectivity index (χ2v) is 5.12. The summed E-state index contributed by atoms with van der Waals surface area (Å²) in [6, 6.07) is 4.67. The molecule has 2 rings (SSSR count). The highest BCUT2D eigenvalue weighted by atomic mass is 79.9. The van der Waals surface area contributed by atoms with Gasteiger partial charge in [-0.3, -0.25) is 0 Å². The molecular formula is C13H15BrFN5. The molecule has 4 N–H and O–H groups in total. The molecule has 0 bridgehead atoms. The molecule has 1 heterocycles. The lowest BCUT2D eigenvalue weighted by Gasteiger charge is -2.13. The summed E-state index contributed by atoms with van der Waals surface area (Å²) in [7, 11) is 0. The molecule has 0 unspecified atom stereocenters. The van der Waals surface area contributed by atoms with Gasteiger partial charge >= 0.3 is 0 Å². The van der Waals surface area contributed by atoms with Gasteiger partial charge in [-0.2, -0.15) is 0 Å². The first-order valence-corrected chi connectivity index (χ1v) is 6.90. The van der Waals surface area contributed by atoms with Crippen LogP contribution < -0.4 is 16.6 Å². The van der Waals surface area contributed by atoms with Gasteiger partial charge < -0.3 is 10.7 Å². The van der Waals surface area contributed by atoms with E-state index in [1.165, 1.54) is 6.07 Å². The predicted octanol–water partition coefficient (Wildman–Crippen LogP) is 3.28. The molecule has 0 fully saturated rings. The molecule has 0 aliphatic carbocycles. The van der Waals surface area contributed by atoms with Crippen LogP contribution in [0.15, 0.2) is 22.7 Å². The van der Waals surface area contributed by atoms with Gasteiger partial charge in [0.15, 0.2) is 0 Å². The average Bonchev–Trinajstić information content (AvgIpc) is 2.45. The molecule has 0 spiro atoms. The summed E-state index contributed by atoms with van der Waals surface area (Å²) in [5, 5.41) is 2.98. The topological polar surface area (TPSA) is 75.9 Å². The fourth-order valence-electron chi connectivity index (χ4n) is 1.70. The van der Waals surface area contributed by atoms with Crippen LogP contribution in [0.25, 0.3) is 0 Å². The van der Waals surface area contributed by atoms with Crippen LogP contribution in [0.5, 0.6) is 0 Å². The first kappa shape index (κ1) is 14.7. The Morgan fingerprint density at radius 1 is 1.30 bits per heavy atom. The van der Waals surface area contributed by atoms with E-state index in [4.69, 9.17) is 5.84 Å². The number of nitrogen functional groups attached to an aromatic ring is 1. The van der Waals surface area contributed by atoms with Gasteiger partial charge in [-0.15, -0.1) is 0 Å². The molecule has 0 saturated heterocycles. The number of hydrazine groups is 1. The number of nitrogens with two attached hydrogens (primary N) is 1. The molecule has 0 atom stereocenters. The van der Waals surface area contributed by atoms with Crippen molar-refractivity contribution in [1.82, 2.24) is 9.97 Å². The Morgan fingerprint density at radius 2 is 2.00 bits per heavy atom. The van der Waals surface area contributed by atoms with Crippen molar-refractivity contribution in [3.05, 3.63) is 39.9 Å². The Hall–Kier alpha value is -1.73. The lowest BCUT2D eigenvalue weighted by Crippen LogP contribution is -2.14. The minimum absolute atomic E-state index is 0.339. The van der Waals surface area contributed by atoms with Crippen LogP contribution in [-0.2, 0) is 6.42 Å². The van der Waals surface area contributed by atoms with Crippen molar-refractivity contribution < 1.29 is 4.39 Å². The summed E-state index contributed by atoms with van der Waals surface area (Å²) in [6.07, 6.45) is 0.657. The molecule has 7 heteroatoms. The van der Waals surface area contributed by atoms with Gasteiger partial charge in [-0.1, -0.05) is 22.9 Å². The van der Waals surface area contributed by atoms with E-state index >= 15 is 0 Å². The van der Waals surface area contributed by atoms with Crippen LogP contribution >= 0.6 is 15.9 Å². The molecular weight excluding hydrogens is 325 g/mol. The minimum Gasteiger partial charge on any atom is -0.337 e. The van der Waals surface area contributed by atoms with Gasteiger partial charge in [-0.05, 0) is 25.1 Å². The van der Waals surface area contributed by atoms with Gasteiger partial charge in [0, 0.05) is 16.5 Å². The highest BCUT2D eigenvalue weighted by Crippen LogP contribution is 2.27. The number of nitrogens with one attached hydrogen (secondary N) is 2. The lowest BCUT2D eigenvalue weighted by atomic mass is 10.2. The van der Waals surface area contributed by atoms with Crippen molar-refractivity contribution in [3.63, 3.8) is 0 Å². The van der Waals surface area contributed by atoms with E-state index in [1.807, 2.05) is 13.8 Å². The molecule has 0 aliphatic rings. The molecule has 5 nitrogen and oxygen atoms in total. The van der Waals surface area contributed by atoms with Gasteiger partial charge in [-0.25, -0.2) is 20.2 Å². The van der Waals surface area contributed by atoms with Crippen LogP contribution in [0, 0.1) is 12.7 Å². The molecule has 0 saturated carbocycles. The van der Waals surface area contributed by atoms with Crippen molar-refractivity contribution in [2.24, 2.45) is 5.84 Å². The number of hydrogen-bond donors (Lipinski definition) is 3. The first-order valence-electron chi connectivity index (χ1n) is 6.11. The Kier molecular flexibility index (Phi) is 4.51. The van der Waals surface area contributed by atoms with Crippen molar-refractivity contribution in [1.29, 1.82) is 0 Å². The zero-order valence-corrected chi connectivity index (χ0v) is 12.8. The fraction of sp³-hybridized carbons (Fsp3) is 0.231. The van der Waals surface area contributed by atoms with Crippen LogP contribution in [-0.4, -0.2) is 9.97 Å². The van der Waals surface area contributed by atoms with E-state index < -0.39 is 0 Å². The van der Waals surface area contributed by atoms with Crippen molar-refractivity contribution >= 4 is 33.3 Å². The summed E-state index contributed by atoms with van der Waals surface area (Å²) >= 11 is 3.31. The van der Waals surface area contributed by atoms with Gasteiger partial charge in [0.1, 0.15) is 23.3 Å². The van der Waals surface area contributed by atoms with E-state index in [-0.39, 0.29) is 5.82 Å². The summed E-state index contributed by atoms with van der Waals surface area (Å²) < 4.78 is 14.6. The fourth-order valence-corrected chi connectivity index (χ4v) is 2.07. The number of anilines is 3. The molecule has 0 amide bonds. The van der Waals surface area contributed by atoms with Crippen molar-refractivity contribution in [2.75, 3.05) is 10.7 Å². The number of nitrogens with zero attached hydrogens (tertiary/aromatic N) is 2. The molecule has 1 aromatic heterocycles. The number of aromatic nitrogens is 2. The maximum absolute atomic E-state index is 13.8. The van der Waals surface area contributed by atoms with Crippen LogP contribution in [0.3, 0.4) is 0 Å². The quantitative estimate of drug-likeness (QED) is 0.588. The highest BCUT2D eigenvalue weighted by molar-refractivity contribution is 9.10. The smallest absolute Gasteiger partial charge is 0.148 e. The van der Waals surface area contributed by atoms with E-state index in [1.54, 1.807) is 12.1 Å². The third kappa shape index (κ3) is 3.05. The van der Waals surface area contributed by atoms with Crippen molar-refractivity contribution in [2.45, 2.75) is 20.3 Å².